The first-order valence-corrected chi connectivity index (χ1v) is 9.78. The maximum Gasteiger partial charge on any atom is 0.254 e. The largest absolute Gasteiger partial charge is 0.508 e. The van der Waals surface area contributed by atoms with Crippen LogP contribution in [0, 0.1) is 0 Å². The lowest BCUT2D eigenvalue weighted by molar-refractivity contribution is 0.0333. The Morgan fingerprint density at radius 2 is 2.00 bits per heavy atom. The number of carbonyl (C=O) groups excluding carboxylic acids is 1. The number of aromatic hydroxyl groups is 1. The number of rotatable bonds is 3. The molecule has 3 rings (SSSR count). The van der Waals surface area contributed by atoms with Crippen molar-refractivity contribution in [2.45, 2.75) is 25.4 Å². The molecule has 0 aromatic heterocycles. The van der Waals surface area contributed by atoms with Crippen LogP contribution in [0.25, 0.3) is 0 Å². The molecular weight excluding hydrogens is 316 g/mol. The van der Waals surface area contributed by atoms with Gasteiger partial charge in [-0.1, -0.05) is 13.0 Å². The number of sulfone groups is 1. The quantitative estimate of drug-likeness (QED) is 0.879. The Bertz CT molecular complexity index is 704. The van der Waals surface area contributed by atoms with E-state index in [0.29, 0.717) is 18.7 Å². The van der Waals surface area contributed by atoms with E-state index in [4.69, 9.17) is 0 Å². The standard InChI is InChI=1S/C16H22N2O4S/c1-2-6-17-7-8-18(15-11-23(21,22)10-14(15)17)16(20)12-4-3-5-13(19)9-12/h3-5,9,14-15,19H,2,6-8,10-11H2,1H3/t14-,15+/m0/s1. The Morgan fingerprint density at radius 1 is 1.26 bits per heavy atom. The highest BCUT2D eigenvalue weighted by Crippen LogP contribution is 2.28. The van der Waals surface area contributed by atoms with Crippen LogP contribution in [0.5, 0.6) is 5.75 Å². The van der Waals surface area contributed by atoms with E-state index in [0.717, 1.165) is 13.0 Å². The molecule has 2 heterocycles. The van der Waals surface area contributed by atoms with E-state index in [1.165, 1.54) is 12.1 Å². The molecule has 126 valence electrons. The van der Waals surface area contributed by atoms with Gasteiger partial charge in [-0.15, -0.1) is 0 Å². The molecule has 1 amide bonds. The normalized spacial score (nSPS) is 26.9. The summed E-state index contributed by atoms with van der Waals surface area (Å²) in [5.74, 6) is -0.00980. The average Bonchev–Trinajstić information content (AvgIpc) is 2.82. The van der Waals surface area contributed by atoms with Crippen molar-refractivity contribution in [1.82, 2.24) is 9.80 Å². The number of phenolic OH excluding ortho intramolecular Hbond substituents is 1. The second-order valence-electron chi connectivity index (χ2n) is 6.30. The molecule has 7 heteroatoms. The summed E-state index contributed by atoms with van der Waals surface area (Å²) in [6, 6.07) is 5.81. The van der Waals surface area contributed by atoms with Crippen LogP contribution in [0.3, 0.4) is 0 Å². The minimum atomic E-state index is -3.12. The molecule has 2 aliphatic heterocycles. The van der Waals surface area contributed by atoms with Crippen LogP contribution >= 0.6 is 0 Å². The van der Waals surface area contributed by atoms with Gasteiger partial charge < -0.3 is 10.0 Å². The third-order valence-corrected chi connectivity index (χ3v) is 6.35. The lowest BCUT2D eigenvalue weighted by atomic mass is 10.0. The van der Waals surface area contributed by atoms with Crippen molar-refractivity contribution in [2.75, 3.05) is 31.1 Å². The minimum absolute atomic E-state index is 0.0302. The van der Waals surface area contributed by atoms with Crippen molar-refractivity contribution in [3.05, 3.63) is 29.8 Å². The first kappa shape index (κ1) is 16.3. The van der Waals surface area contributed by atoms with E-state index in [2.05, 4.69) is 11.8 Å². The molecule has 1 aromatic carbocycles. The second kappa shape index (κ2) is 6.13. The smallest absolute Gasteiger partial charge is 0.254 e. The van der Waals surface area contributed by atoms with E-state index in [-0.39, 0.29) is 35.2 Å². The van der Waals surface area contributed by atoms with Gasteiger partial charge >= 0.3 is 0 Å². The summed E-state index contributed by atoms with van der Waals surface area (Å²) in [4.78, 5) is 16.6. The summed E-state index contributed by atoms with van der Waals surface area (Å²) < 4.78 is 24.2. The second-order valence-corrected chi connectivity index (χ2v) is 8.45. The zero-order valence-corrected chi connectivity index (χ0v) is 14.0. The van der Waals surface area contributed by atoms with Gasteiger partial charge in [0.25, 0.3) is 5.91 Å². The van der Waals surface area contributed by atoms with Gasteiger partial charge in [-0.05, 0) is 31.2 Å². The topological polar surface area (TPSA) is 77.9 Å². The van der Waals surface area contributed by atoms with Crippen molar-refractivity contribution < 1.29 is 18.3 Å². The number of amides is 1. The SMILES string of the molecule is CCCN1CCN(C(=O)c2cccc(O)c2)[C@@H]2CS(=O)(=O)C[C@@H]21. The van der Waals surface area contributed by atoms with Gasteiger partial charge in [-0.2, -0.15) is 0 Å². The van der Waals surface area contributed by atoms with Gasteiger partial charge in [0.15, 0.2) is 9.84 Å². The van der Waals surface area contributed by atoms with Crippen LogP contribution in [0.1, 0.15) is 23.7 Å². The predicted octanol–water partition coefficient (Wildman–Crippen LogP) is 0.726. The van der Waals surface area contributed by atoms with Crippen molar-refractivity contribution >= 4 is 15.7 Å². The number of hydrogen-bond donors (Lipinski definition) is 1. The molecule has 2 atom stereocenters. The van der Waals surface area contributed by atoms with Gasteiger partial charge in [0.05, 0.1) is 17.5 Å². The Morgan fingerprint density at radius 3 is 2.70 bits per heavy atom. The molecule has 1 N–H and O–H groups in total. The summed E-state index contributed by atoms with van der Waals surface area (Å²) in [6.07, 6.45) is 0.962. The molecule has 0 aliphatic carbocycles. The molecule has 2 aliphatic rings. The number of carbonyl (C=O) groups is 1. The molecule has 0 unspecified atom stereocenters. The van der Waals surface area contributed by atoms with Gasteiger partial charge in [0, 0.05) is 24.7 Å². The summed E-state index contributed by atoms with van der Waals surface area (Å²) in [6.45, 7) is 4.13. The lowest BCUT2D eigenvalue weighted by Gasteiger charge is -2.43. The molecule has 0 radical (unpaired) electrons. The van der Waals surface area contributed by atoms with Crippen LogP contribution in [0.2, 0.25) is 0 Å². The van der Waals surface area contributed by atoms with E-state index >= 15 is 0 Å². The average molecular weight is 338 g/mol. The maximum absolute atomic E-state index is 12.8. The molecule has 2 fully saturated rings. The van der Waals surface area contributed by atoms with Crippen molar-refractivity contribution in [3.8, 4) is 5.75 Å². The maximum atomic E-state index is 12.8. The molecule has 0 saturated carbocycles. The van der Waals surface area contributed by atoms with Crippen LogP contribution in [0.4, 0.5) is 0 Å². The third kappa shape index (κ3) is 3.21. The fraction of sp³-hybridized carbons (Fsp3) is 0.562. The highest BCUT2D eigenvalue weighted by atomic mass is 32.2. The van der Waals surface area contributed by atoms with E-state index in [1.807, 2.05) is 0 Å². The zero-order chi connectivity index (χ0) is 16.6. The van der Waals surface area contributed by atoms with Crippen LogP contribution in [-0.4, -0.2) is 72.5 Å². The van der Waals surface area contributed by atoms with E-state index < -0.39 is 9.84 Å². The summed E-state index contributed by atoms with van der Waals surface area (Å²) in [5.41, 5.74) is 0.400. The van der Waals surface area contributed by atoms with Gasteiger partial charge in [0.2, 0.25) is 0 Å². The summed E-state index contributed by atoms with van der Waals surface area (Å²) >= 11 is 0. The number of hydrogen-bond acceptors (Lipinski definition) is 5. The van der Waals surface area contributed by atoms with Gasteiger partial charge in [-0.25, -0.2) is 8.42 Å². The third-order valence-electron chi connectivity index (χ3n) is 4.66. The van der Waals surface area contributed by atoms with Gasteiger partial charge in [-0.3, -0.25) is 9.69 Å². The number of fused-ring (bicyclic) bond motifs is 1. The fourth-order valence-corrected chi connectivity index (χ4v) is 5.66. The lowest BCUT2D eigenvalue weighted by Crippen LogP contribution is -2.60. The molecule has 23 heavy (non-hydrogen) atoms. The molecule has 0 spiro atoms. The number of benzene rings is 1. The highest BCUT2D eigenvalue weighted by molar-refractivity contribution is 7.91. The first-order chi connectivity index (χ1) is 10.9. The van der Waals surface area contributed by atoms with Gasteiger partial charge in [0.1, 0.15) is 5.75 Å². The van der Waals surface area contributed by atoms with Crippen molar-refractivity contribution in [2.24, 2.45) is 0 Å². The van der Waals surface area contributed by atoms with E-state index in [1.54, 1.807) is 17.0 Å². The molecular formula is C16H22N2O4S. The van der Waals surface area contributed by atoms with Crippen LogP contribution < -0.4 is 0 Å². The Labute approximate surface area is 136 Å². The Kier molecular flexibility index (Phi) is 4.33. The van der Waals surface area contributed by atoms with Crippen LogP contribution in [0.15, 0.2) is 24.3 Å². The first-order valence-electron chi connectivity index (χ1n) is 7.96. The summed E-state index contributed by atoms with van der Waals surface area (Å²) in [5, 5.41) is 9.57. The van der Waals surface area contributed by atoms with E-state index in [9.17, 15) is 18.3 Å². The fourth-order valence-electron chi connectivity index (χ4n) is 3.65. The number of nitrogens with zero attached hydrogens (tertiary/aromatic N) is 2. The number of phenols is 1. The summed E-state index contributed by atoms with van der Waals surface area (Å²) in [7, 11) is -3.12. The Balaban J connectivity index is 1.87. The van der Waals surface area contributed by atoms with Crippen LogP contribution in [-0.2, 0) is 9.84 Å². The number of piperazine rings is 1. The molecule has 6 nitrogen and oxygen atoms in total. The minimum Gasteiger partial charge on any atom is -0.508 e. The van der Waals surface area contributed by atoms with Crippen molar-refractivity contribution in [1.29, 1.82) is 0 Å². The molecule has 2 saturated heterocycles. The predicted molar refractivity (Wildman–Crippen MR) is 87.2 cm³/mol. The molecule has 0 bridgehead atoms. The van der Waals surface area contributed by atoms with Crippen molar-refractivity contribution in [3.63, 3.8) is 0 Å². The Hall–Kier alpha value is -1.60. The zero-order valence-electron chi connectivity index (χ0n) is 13.2. The molecule has 1 aromatic rings. The monoisotopic (exact) mass is 338 g/mol. The highest BCUT2D eigenvalue weighted by Gasteiger charge is 2.47.